The lowest BCUT2D eigenvalue weighted by Crippen LogP contribution is -2.21. The summed E-state index contributed by atoms with van der Waals surface area (Å²) in [6.45, 7) is 0. The molecule has 0 saturated carbocycles. The first-order valence-electron chi connectivity index (χ1n) is 5.83. The lowest BCUT2D eigenvalue weighted by atomic mass is 10.2. The topological polar surface area (TPSA) is 78.4 Å². The highest BCUT2D eigenvalue weighted by molar-refractivity contribution is 9.10. The van der Waals surface area contributed by atoms with Gasteiger partial charge in [-0.3, -0.25) is 0 Å². The average molecular weight is 414 g/mol. The number of carbonyl (C=O) groups is 2. The zero-order chi connectivity index (χ0) is 15.4. The van der Waals surface area contributed by atoms with Gasteiger partial charge >= 0.3 is 12.0 Å². The molecule has 7 heteroatoms. The van der Waals surface area contributed by atoms with E-state index < -0.39 is 12.0 Å². The molecule has 2 aromatic carbocycles. The molecule has 0 bridgehead atoms. The molecule has 3 N–H and O–H groups in total. The van der Waals surface area contributed by atoms with Crippen LogP contribution in [0.3, 0.4) is 0 Å². The minimum atomic E-state index is -1.12. The van der Waals surface area contributed by atoms with Gasteiger partial charge in [0.15, 0.2) is 0 Å². The van der Waals surface area contributed by atoms with Crippen molar-refractivity contribution in [3.05, 3.63) is 57.0 Å². The highest BCUT2D eigenvalue weighted by Crippen LogP contribution is 2.27. The molecular weight excluding hydrogens is 404 g/mol. The van der Waals surface area contributed by atoms with Gasteiger partial charge in [0.2, 0.25) is 0 Å². The number of para-hydroxylation sites is 1. The number of aromatic carboxylic acids is 1. The first-order chi connectivity index (χ1) is 9.97. The standard InChI is InChI=1S/C14H10Br2N2O3/c15-8-3-1-4-9(7-8)17-14(21)18-12-10(13(19)20)5-2-6-11(12)16/h1-7H,(H,19,20)(H2,17,18,21). The van der Waals surface area contributed by atoms with Crippen molar-refractivity contribution >= 4 is 55.2 Å². The van der Waals surface area contributed by atoms with Crippen LogP contribution in [-0.4, -0.2) is 17.1 Å². The Labute approximate surface area is 137 Å². The van der Waals surface area contributed by atoms with E-state index in [4.69, 9.17) is 5.11 Å². The number of nitrogens with one attached hydrogen (secondary N) is 2. The fourth-order valence-electron chi connectivity index (χ4n) is 1.67. The van der Waals surface area contributed by atoms with Gasteiger partial charge in [0.1, 0.15) is 0 Å². The van der Waals surface area contributed by atoms with Crippen LogP contribution in [0.1, 0.15) is 10.4 Å². The zero-order valence-electron chi connectivity index (χ0n) is 10.6. The summed E-state index contributed by atoms with van der Waals surface area (Å²) in [6.07, 6.45) is 0. The van der Waals surface area contributed by atoms with Gasteiger partial charge in [-0.25, -0.2) is 9.59 Å². The molecule has 0 aliphatic rings. The molecule has 0 radical (unpaired) electrons. The third-order valence-corrected chi connectivity index (χ3v) is 3.72. The summed E-state index contributed by atoms with van der Waals surface area (Å²) in [4.78, 5) is 23.1. The Kier molecular flexibility index (Phi) is 4.98. The van der Waals surface area contributed by atoms with Gasteiger partial charge in [0.05, 0.1) is 11.3 Å². The van der Waals surface area contributed by atoms with E-state index in [9.17, 15) is 9.59 Å². The Morgan fingerprint density at radius 1 is 1.00 bits per heavy atom. The first kappa shape index (κ1) is 15.5. The molecule has 2 aromatic rings. The summed E-state index contributed by atoms with van der Waals surface area (Å²) in [5.74, 6) is -1.12. The monoisotopic (exact) mass is 412 g/mol. The van der Waals surface area contributed by atoms with Crippen LogP contribution < -0.4 is 10.6 Å². The largest absolute Gasteiger partial charge is 0.478 e. The summed E-state index contributed by atoms with van der Waals surface area (Å²) in [7, 11) is 0. The number of amides is 2. The van der Waals surface area contributed by atoms with Crippen molar-refractivity contribution in [1.29, 1.82) is 0 Å². The van der Waals surface area contributed by atoms with Crippen molar-refractivity contribution in [2.45, 2.75) is 0 Å². The second-order valence-electron chi connectivity index (χ2n) is 4.06. The first-order valence-corrected chi connectivity index (χ1v) is 7.41. The van der Waals surface area contributed by atoms with Crippen molar-refractivity contribution in [1.82, 2.24) is 0 Å². The van der Waals surface area contributed by atoms with E-state index in [1.54, 1.807) is 30.3 Å². The average Bonchev–Trinajstić information content (AvgIpc) is 2.40. The predicted octanol–water partition coefficient (Wildman–Crippen LogP) is 4.55. The molecule has 0 heterocycles. The molecular formula is C14H10Br2N2O3. The van der Waals surface area contributed by atoms with Crippen molar-refractivity contribution < 1.29 is 14.7 Å². The van der Waals surface area contributed by atoms with E-state index in [0.29, 0.717) is 10.2 Å². The molecule has 0 saturated heterocycles. The maximum Gasteiger partial charge on any atom is 0.337 e. The van der Waals surface area contributed by atoms with Crippen LogP contribution in [0.4, 0.5) is 16.2 Å². The maximum atomic E-state index is 12.0. The molecule has 0 aliphatic heterocycles. The number of rotatable bonds is 3. The molecule has 2 rings (SSSR count). The third kappa shape index (κ3) is 4.05. The summed E-state index contributed by atoms with van der Waals surface area (Å²) in [6, 6.07) is 11.2. The molecule has 0 fully saturated rings. The number of anilines is 2. The van der Waals surface area contributed by atoms with Crippen LogP contribution in [-0.2, 0) is 0 Å². The van der Waals surface area contributed by atoms with Gasteiger partial charge in [0, 0.05) is 14.6 Å². The molecule has 21 heavy (non-hydrogen) atoms. The van der Waals surface area contributed by atoms with E-state index in [2.05, 4.69) is 42.5 Å². The molecule has 0 unspecified atom stereocenters. The number of hydrogen-bond donors (Lipinski definition) is 3. The van der Waals surface area contributed by atoms with Crippen LogP contribution in [0.2, 0.25) is 0 Å². The van der Waals surface area contributed by atoms with Gasteiger partial charge in [-0.05, 0) is 46.3 Å². The van der Waals surface area contributed by atoms with Crippen molar-refractivity contribution in [3.63, 3.8) is 0 Å². The summed E-state index contributed by atoms with van der Waals surface area (Å²) >= 11 is 6.53. The van der Waals surface area contributed by atoms with Crippen molar-refractivity contribution in [2.75, 3.05) is 10.6 Å². The van der Waals surface area contributed by atoms with Crippen LogP contribution in [0.5, 0.6) is 0 Å². The smallest absolute Gasteiger partial charge is 0.337 e. The minimum absolute atomic E-state index is 0.00812. The van der Waals surface area contributed by atoms with Gasteiger partial charge in [-0.15, -0.1) is 0 Å². The Morgan fingerprint density at radius 2 is 1.71 bits per heavy atom. The van der Waals surface area contributed by atoms with Crippen molar-refractivity contribution in [2.24, 2.45) is 0 Å². The van der Waals surface area contributed by atoms with E-state index in [-0.39, 0.29) is 11.3 Å². The number of carbonyl (C=O) groups excluding carboxylic acids is 1. The SMILES string of the molecule is O=C(Nc1cccc(Br)c1)Nc1c(Br)cccc1C(=O)O. The predicted molar refractivity (Wildman–Crippen MR) is 87.9 cm³/mol. The molecule has 5 nitrogen and oxygen atoms in total. The fourth-order valence-corrected chi connectivity index (χ4v) is 2.54. The molecule has 108 valence electrons. The van der Waals surface area contributed by atoms with Gasteiger partial charge < -0.3 is 15.7 Å². The number of benzene rings is 2. The second-order valence-corrected chi connectivity index (χ2v) is 5.83. The van der Waals surface area contributed by atoms with E-state index in [1.807, 2.05) is 6.07 Å². The second kappa shape index (κ2) is 6.73. The third-order valence-electron chi connectivity index (χ3n) is 2.57. The number of halogens is 2. The molecule has 0 aliphatic carbocycles. The highest BCUT2D eigenvalue weighted by Gasteiger charge is 2.15. The fraction of sp³-hybridized carbons (Fsp3) is 0. The Morgan fingerprint density at radius 3 is 2.38 bits per heavy atom. The Balaban J connectivity index is 2.18. The summed E-state index contributed by atoms with van der Waals surface area (Å²) in [5.41, 5.74) is 0.803. The van der Waals surface area contributed by atoms with Crippen LogP contribution in [0, 0.1) is 0 Å². The molecule has 0 aromatic heterocycles. The minimum Gasteiger partial charge on any atom is -0.478 e. The van der Waals surface area contributed by atoms with Crippen LogP contribution >= 0.6 is 31.9 Å². The molecule has 2 amide bonds. The van der Waals surface area contributed by atoms with E-state index in [1.165, 1.54) is 6.07 Å². The lowest BCUT2D eigenvalue weighted by molar-refractivity contribution is 0.0698. The van der Waals surface area contributed by atoms with Gasteiger partial charge in [-0.1, -0.05) is 28.1 Å². The van der Waals surface area contributed by atoms with E-state index in [0.717, 1.165) is 4.47 Å². The number of hydrogen-bond acceptors (Lipinski definition) is 2. The highest BCUT2D eigenvalue weighted by atomic mass is 79.9. The number of urea groups is 1. The number of carboxylic acid groups (broad SMARTS) is 1. The quantitative estimate of drug-likeness (QED) is 0.690. The Hall–Kier alpha value is -1.86. The molecule has 0 spiro atoms. The van der Waals surface area contributed by atoms with Crippen LogP contribution in [0.25, 0.3) is 0 Å². The van der Waals surface area contributed by atoms with Crippen LogP contribution in [0.15, 0.2) is 51.4 Å². The normalized spacial score (nSPS) is 10.0. The van der Waals surface area contributed by atoms with Crippen molar-refractivity contribution in [3.8, 4) is 0 Å². The number of carboxylic acids is 1. The van der Waals surface area contributed by atoms with Gasteiger partial charge in [0.25, 0.3) is 0 Å². The maximum absolute atomic E-state index is 12.0. The Bertz CT molecular complexity index is 704. The lowest BCUT2D eigenvalue weighted by Gasteiger charge is -2.11. The summed E-state index contributed by atoms with van der Waals surface area (Å²) < 4.78 is 1.32. The van der Waals surface area contributed by atoms with Gasteiger partial charge in [-0.2, -0.15) is 0 Å². The summed E-state index contributed by atoms with van der Waals surface area (Å²) in [5, 5.41) is 14.3. The zero-order valence-corrected chi connectivity index (χ0v) is 13.7. The molecule has 0 atom stereocenters. The van der Waals surface area contributed by atoms with E-state index >= 15 is 0 Å².